The first-order valence-corrected chi connectivity index (χ1v) is 3.03. The molecule has 10 heavy (non-hydrogen) atoms. The highest BCUT2D eigenvalue weighted by atomic mass is 15.6. The summed E-state index contributed by atoms with van der Waals surface area (Å²) in [6.07, 6.45) is 0. The molecule has 0 aliphatic rings. The Morgan fingerprint density at radius 2 is 2.20 bits per heavy atom. The van der Waals surface area contributed by atoms with Crippen LogP contribution >= 0.6 is 0 Å². The van der Waals surface area contributed by atoms with Crippen LogP contribution in [0.1, 0.15) is 13.8 Å². The number of likely N-dealkylation sites (N-methyl/N-ethyl adjacent to an activating group) is 1. The maximum Gasteiger partial charge on any atom is 0.116 e. The summed E-state index contributed by atoms with van der Waals surface area (Å²) in [6.45, 7) is 4.27. The monoisotopic (exact) mass is 143 g/mol. The fraction of sp³-hybridized carbons (Fsp3) is 1.00. The highest BCUT2D eigenvalue weighted by molar-refractivity contribution is 4.77. The molecule has 0 aliphatic carbocycles. The van der Waals surface area contributed by atoms with Crippen molar-refractivity contribution in [2.45, 2.75) is 19.4 Å². The normalized spacial score (nSPS) is 10.4. The summed E-state index contributed by atoms with van der Waals surface area (Å²) in [5.41, 5.74) is 13.2. The molecule has 5 nitrogen and oxygen atoms in total. The van der Waals surface area contributed by atoms with Gasteiger partial charge in [-0.05, 0) is 19.1 Å². The number of nitrogens with zero attached hydrogens (tertiary/aromatic N) is 4. The standard InChI is InChI=1S/C5H13N5/c1-5(2,4-6)10(3)9-8-7/h4,6H2,1-3H3. The lowest BCUT2D eigenvalue weighted by molar-refractivity contribution is 0.167. The molecule has 0 atom stereocenters. The molecule has 0 saturated carbocycles. The maximum atomic E-state index is 8.07. The minimum Gasteiger partial charge on any atom is -0.326 e. The molecule has 2 N–H and O–H groups in total. The first-order valence-electron chi connectivity index (χ1n) is 3.03. The molecule has 58 valence electrons. The molecule has 0 aromatic carbocycles. The van der Waals surface area contributed by atoms with Crippen LogP contribution in [-0.2, 0) is 0 Å². The Bertz CT molecular complexity index is 146. The van der Waals surface area contributed by atoms with E-state index in [2.05, 4.69) is 10.1 Å². The molecule has 0 saturated heterocycles. The Morgan fingerprint density at radius 1 is 1.70 bits per heavy atom. The van der Waals surface area contributed by atoms with Gasteiger partial charge in [-0.1, -0.05) is 0 Å². The molecule has 0 aromatic rings. The van der Waals surface area contributed by atoms with Crippen LogP contribution in [0.5, 0.6) is 0 Å². The summed E-state index contributed by atoms with van der Waals surface area (Å²) in [4.78, 5) is 2.65. The molecule has 0 heterocycles. The molecule has 0 aliphatic heterocycles. The van der Waals surface area contributed by atoms with Gasteiger partial charge >= 0.3 is 0 Å². The van der Waals surface area contributed by atoms with Crippen LogP contribution in [0.4, 0.5) is 0 Å². The molecule has 0 aromatic heterocycles. The molecule has 0 bridgehead atoms. The number of azide groups is 1. The van der Waals surface area contributed by atoms with Crippen molar-refractivity contribution in [1.82, 2.24) is 5.01 Å². The van der Waals surface area contributed by atoms with Crippen LogP contribution in [0.15, 0.2) is 5.22 Å². The molecule has 0 spiro atoms. The summed E-state index contributed by atoms with van der Waals surface area (Å²) < 4.78 is 0. The Morgan fingerprint density at radius 3 is 2.50 bits per heavy atom. The zero-order valence-electron chi connectivity index (χ0n) is 6.57. The average molecular weight is 143 g/mol. The van der Waals surface area contributed by atoms with E-state index >= 15 is 0 Å². The Balaban J connectivity index is 4.16. The zero-order valence-corrected chi connectivity index (χ0v) is 6.57. The number of hydrogen-bond donors (Lipinski definition) is 1. The van der Waals surface area contributed by atoms with Gasteiger partial charge in [-0.25, -0.2) is 5.01 Å². The summed E-state index contributed by atoms with van der Waals surface area (Å²) in [5.74, 6) is 0. The number of rotatable bonds is 3. The Hall–Kier alpha value is -0.930. The smallest absolute Gasteiger partial charge is 0.116 e. The summed E-state index contributed by atoms with van der Waals surface area (Å²) in [6, 6.07) is 0. The molecule has 0 radical (unpaired) electrons. The van der Waals surface area contributed by atoms with Gasteiger partial charge in [-0.15, -0.1) is 5.53 Å². The van der Waals surface area contributed by atoms with Gasteiger partial charge in [0.1, 0.15) is 5.54 Å². The highest BCUT2D eigenvalue weighted by Gasteiger charge is 2.23. The van der Waals surface area contributed by atoms with Crippen LogP contribution in [0.25, 0.3) is 10.4 Å². The molecule has 0 unspecified atom stereocenters. The second kappa shape index (κ2) is 3.29. The SMILES string of the molecule is CN(N=[N+]=[N-])C(C)(C)CN. The first-order chi connectivity index (χ1) is 4.54. The van der Waals surface area contributed by atoms with Crippen molar-refractivity contribution in [3.63, 3.8) is 0 Å². The van der Waals surface area contributed by atoms with E-state index in [4.69, 9.17) is 11.3 Å². The minimum atomic E-state index is -0.258. The van der Waals surface area contributed by atoms with E-state index in [0.29, 0.717) is 6.54 Å². The van der Waals surface area contributed by atoms with Crippen molar-refractivity contribution in [3.05, 3.63) is 10.4 Å². The largest absolute Gasteiger partial charge is 0.326 e. The molecular formula is C5H13N5. The van der Waals surface area contributed by atoms with E-state index in [1.54, 1.807) is 7.05 Å². The van der Waals surface area contributed by atoms with Crippen LogP contribution in [0.2, 0.25) is 0 Å². The maximum absolute atomic E-state index is 8.07. The lowest BCUT2D eigenvalue weighted by Crippen LogP contribution is -2.43. The first kappa shape index (κ1) is 9.07. The van der Waals surface area contributed by atoms with Gasteiger partial charge in [0.05, 0.1) is 7.05 Å². The van der Waals surface area contributed by atoms with E-state index in [-0.39, 0.29) is 5.54 Å². The summed E-state index contributed by atoms with van der Waals surface area (Å²) >= 11 is 0. The topological polar surface area (TPSA) is 78.0 Å². The van der Waals surface area contributed by atoms with E-state index in [1.807, 2.05) is 13.8 Å². The van der Waals surface area contributed by atoms with Crippen molar-refractivity contribution >= 4 is 0 Å². The predicted molar refractivity (Wildman–Crippen MR) is 40.0 cm³/mol. The van der Waals surface area contributed by atoms with E-state index in [1.165, 1.54) is 5.01 Å². The number of nitrogens with two attached hydrogens (primary N) is 1. The van der Waals surface area contributed by atoms with Gasteiger partial charge in [-0.3, -0.25) is 0 Å². The minimum absolute atomic E-state index is 0.258. The molecule has 0 rings (SSSR count). The van der Waals surface area contributed by atoms with Crippen molar-refractivity contribution < 1.29 is 0 Å². The fourth-order valence-electron chi connectivity index (χ4n) is 0.313. The highest BCUT2D eigenvalue weighted by Crippen LogP contribution is 2.09. The van der Waals surface area contributed by atoms with E-state index < -0.39 is 0 Å². The van der Waals surface area contributed by atoms with Gasteiger partial charge in [0.2, 0.25) is 0 Å². The quantitative estimate of drug-likeness (QED) is 0.275. The van der Waals surface area contributed by atoms with Gasteiger partial charge in [0, 0.05) is 6.54 Å². The van der Waals surface area contributed by atoms with Gasteiger partial charge in [0.15, 0.2) is 0 Å². The van der Waals surface area contributed by atoms with Crippen molar-refractivity contribution in [2.75, 3.05) is 13.6 Å². The molecule has 0 amide bonds. The number of hydrogen-bond acceptors (Lipinski definition) is 2. The summed E-state index contributed by atoms with van der Waals surface area (Å²) in [7, 11) is 1.70. The fourth-order valence-corrected chi connectivity index (χ4v) is 0.313. The van der Waals surface area contributed by atoms with E-state index in [9.17, 15) is 0 Å². The molecular weight excluding hydrogens is 130 g/mol. The van der Waals surface area contributed by atoms with Crippen molar-refractivity contribution in [1.29, 1.82) is 0 Å². The third kappa shape index (κ3) is 2.13. The van der Waals surface area contributed by atoms with Crippen LogP contribution in [-0.4, -0.2) is 24.1 Å². The van der Waals surface area contributed by atoms with Gasteiger partial charge in [0.25, 0.3) is 0 Å². The average Bonchev–Trinajstić information content (AvgIpc) is 1.89. The lowest BCUT2D eigenvalue weighted by atomic mass is 10.1. The third-order valence-electron chi connectivity index (χ3n) is 1.55. The van der Waals surface area contributed by atoms with Crippen LogP contribution in [0.3, 0.4) is 0 Å². The predicted octanol–water partition coefficient (Wildman–Crippen LogP) is 0.881. The lowest BCUT2D eigenvalue weighted by Gasteiger charge is -2.26. The zero-order chi connectivity index (χ0) is 8.20. The second-order valence-corrected chi connectivity index (χ2v) is 2.72. The van der Waals surface area contributed by atoms with E-state index in [0.717, 1.165) is 0 Å². The third-order valence-corrected chi connectivity index (χ3v) is 1.55. The van der Waals surface area contributed by atoms with Crippen molar-refractivity contribution in [3.8, 4) is 0 Å². The van der Waals surface area contributed by atoms with Gasteiger partial charge < -0.3 is 5.73 Å². The van der Waals surface area contributed by atoms with Crippen molar-refractivity contribution in [2.24, 2.45) is 11.0 Å². The molecule has 5 heteroatoms. The second-order valence-electron chi connectivity index (χ2n) is 2.72. The molecule has 0 fully saturated rings. The van der Waals surface area contributed by atoms with Gasteiger partial charge in [-0.2, -0.15) is 4.91 Å². The summed E-state index contributed by atoms with van der Waals surface area (Å²) in [5, 5.41) is 4.91. The Kier molecular flexibility index (Phi) is 2.99. The van der Waals surface area contributed by atoms with Crippen LogP contribution in [0, 0.1) is 0 Å². The Labute approximate surface area is 60.4 Å². The van der Waals surface area contributed by atoms with Crippen LogP contribution < -0.4 is 5.73 Å².